The minimum atomic E-state index is -0.416. The third-order valence-corrected chi connectivity index (χ3v) is 3.68. The maximum atomic E-state index is 11.0. The van der Waals surface area contributed by atoms with Crippen molar-refractivity contribution in [3.05, 3.63) is 61.6 Å². The van der Waals surface area contributed by atoms with Crippen molar-refractivity contribution in [3.8, 4) is 5.75 Å². The monoisotopic (exact) mass is 350 g/mol. The molecule has 2 aromatic rings. The Balaban J connectivity index is 2.22. The fourth-order valence-electron chi connectivity index (χ4n) is 2.15. The molecular formula is C15H15BrN2O3. The van der Waals surface area contributed by atoms with E-state index in [4.69, 9.17) is 0 Å². The Morgan fingerprint density at radius 3 is 2.43 bits per heavy atom. The Labute approximate surface area is 130 Å². The number of phenols is 1. The summed E-state index contributed by atoms with van der Waals surface area (Å²) in [5.41, 5.74) is 3.03. The number of benzene rings is 2. The zero-order valence-corrected chi connectivity index (χ0v) is 13.3. The largest absolute Gasteiger partial charge is 0.507 e. The molecule has 2 rings (SSSR count). The van der Waals surface area contributed by atoms with Gasteiger partial charge in [-0.3, -0.25) is 10.1 Å². The fourth-order valence-corrected chi connectivity index (χ4v) is 2.50. The molecule has 0 radical (unpaired) electrons. The van der Waals surface area contributed by atoms with Crippen LogP contribution in [0.25, 0.3) is 0 Å². The first-order valence-corrected chi connectivity index (χ1v) is 7.14. The van der Waals surface area contributed by atoms with Crippen LogP contribution in [0.2, 0.25) is 0 Å². The lowest BCUT2D eigenvalue weighted by atomic mass is 10.1. The van der Waals surface area contributed by atoms with Gasteiger partial charge >= 0.3 is 0 Å². The molecule has 0 bridgehead atoms. The van der Waals surface area contributed by atoms with Crippen molar-refractivity contribution >= 4 is 27.3 Å². The van der Waals surface area contributed by atoms with Crippen LogP contribution in [0.4, 0.5) is 11.4 Å². The molecule has 0 heterocycles. The summed E-state index contributed by atoms with van der Waals surface area (Å²) >= 11 is 3.23. The Morgan fingerprint density at radius 1 is 1.24 bits per heavy atom. The van der Waals surface area contributed by atoms with Crippen LogP contribution >= 0.6 is 15.9 Å². The van der Waals surface area contributed by atoms with Crippen molar-refractivity contribution in [3.63, 3.8) is 0 Å². The summed E-state index contributed by atoms with van der Waals surface area (Å²) in [5.74, 6) is 0.286. The van der Waals surface area contributed by atoms with Crippen molar-refractivity contribution < 1.29 is 10.0 Å². The number of halogens is 1. The molecule has 0 atom stereocenters. The van der Waals surface area contributed by atoms with Gasteiger partial charge in [-0.05, 0) is 42.7 Å². The molecule has 6 heteroatoms. The van der Waals surface area contributed by atoms with Crippen molar-refractivity contribution in [1.29, 1.82) is 0 Å². The van der Waals surface area contributed by atoms with Gasteiger partial charge in [0.05, 0.1) is 4.92 Å². The molecule has 5 nitrogen and oxygen atoms in total. The molecule has 21 heavy (non-hydrogen) atoms. The minimum absolute atomic E-state index is 0.0246. The highest BCUT2D eigenvalue weighted by Gasteiger charge is 2.14. The third kappa shape index (κ3) is 3.52. The SMILES string of the molecule is Cc1cc(CNc2ccc(Br)cc2[N+](=O)[O-])cc(C)c1O. The number of anilines is 1. The quantitative estimate of drug-likeness (QED) is 0.636. The number of nitro benzene ring substituents is 1. The molecular weight excluding hydrogens is 336 g/mol. The zero-order chi connectivity index (χ0) is 15.6. The highest BCUT2D eigenvalue weighted by atomic mass is 79.9. The smallest absolute Gasteiger partial charge is 0.293 e. The normalized spacial score (nSPS) is 10.4. The second kappa shape index (κ2) is 6.13. The van der Waals surface area contributed by atoms with E-state index in [0.717, 1.165) is 16.7 Å². The van der Waals surface area contributed by atoms with Gasteiger partial charge in [0.1, 0.15) is 11.4 Å². The number of aryl methyl sites for hydroxylation is 2. The summed E-state index contributed by atoms with van der Waals surface area (Å²) in [4.78, 5) is 10.6. The number of rotatable bonds is 4. The molecule has 0 saturated carbocycles. The predicted molar refractivity (Wildman–Crippen MR) is 85.7 cm³/mol. The highest BCUT2D eigenvalue weighted by Crippen LogP contribution is 2.29. The molecule has 0 aliphatic heterocycles. The van der Waals surface area contributed by atoms with Crippen LogP contribution in [0, 0.1) is 24.0 Å². The first-order chi connectivity index (χ1) is 9.88. The van der Waals surface area contributed by atoms with Crippen LogP contribution in [0.3, 0.4) is 0 Å². The second-order valence-electron chi connectivity index (χ2n) is 4.85. The maximum absolute atomic E-state index is 11.0. The number of nitrogens with one attached hydrogen (secondary N) is 1. The lowest BCUT2D eigenvalue weighted by Gasteiger charge is -2.10. The third-order valence-electron chi connectivity index (χ3n) is 3.19. The number of hydrogen-bond acceptors (Lipinski definition) is 4. The Bertz CT molecular complexity index is 678. The van der Waals surface area contributed by atoms with Crippen molar-refractivity contribution in [2.75, 3.05) is 5.32 Å². The van der Waals surface area contributed by atoms with E-state index in [1.54, 1.807) is 12.1 Å². The van der Waals surface area contributed by atoms with Gasteiger partial charge in [-0.1, -0.05) is 28.1 Å². The molecule has 0 saturated heterocycles. The fraction of sp³-hybridized carbons (Fsp3) is 0.200. The summed E-state index contributed by atoms with van der Waals surface area (Å²) in [7, 11) is 0. The van der Waals surface area contributed by atoms with Crippen molar-refractivity contribution in [2.45, 2.75) is 20.4 Å². The molecule has 0 amide bonds. The van der Waals surface area contributed by atoms with E-state index < -0.39 is 4.92 Å². The molecule has 2 N–H and O–H groups in total. The number of phenolic OH excluding ortho intramolecular Hbond substituents is 1. The van der Waals surface area contributed by atoms with Crippen molar-refractivity contribution in [2.24, 2.45) is 0 Å². The Morgan fingerprint density at radius 2 is 1.86 bits per heavy atom. The molecule has 2 aromatic carbocycles. The van der Waals surface area contributed by atoms with E-state index in [1.165, 1.54) is 6.07 Å². The lowest BCUT2D eigenvalue weighted by Crippen LogP contribution is -2.03. The van der Waals surface area contributed by atoms with E-state index in [-0.39, 0.29) is 11.4 Å². The zero-order valence-electron chi connectivity index (χ0n) is 11.7. The minimum Gasteiger partial charge on any atom is -0.507 e. The van der Waals surface area contributed by atoms with E-state index in [9.17, 15) is 15.2 Å². The van der Waals surface area contributed by atoms with Gasteiger partial charge in [0, 0.05) is 17.1 Å². The van der Waals surface area contributed by atoms with Gasteiger partial charge in [0.15, 0.2) is 0 Å². The van der Waals surface area contributed by atoms with Crippen LogP contribution in [0.15, 0.2) is 34.8 Å². The topological polar surface area (TPSA) is 75.4 Å². The molecule has 0 fully saturated rings. The summed E-state index contributed by atoms with van der Waals surface area (Å²) < 4.78 is 0.663. The highest BCUT2D eigenvalue weighted by molar-refractivity contribution is 9.10. The number of hydrogen-bond donors (Lipinski definition) is 2. The Hall–Kier alpha value is -2.08. The molecule has 110 valence electrons. The standard InChI is InChI=1S/C15H15BrN2O3/c1-9-5-11(6-10(2)15(9)19)8-17-13-4-3-12(16)7-14(13)18(20)21/h3-7,17,19H,8H2,1-2H3. The first kappa shape index (κ1) is 15.3. The van der Waals surface area contributed by atoms with Gasteiger partial charge in [-0.15, -0.1) is 0 Å². The van der Waals surface area contributed by atoms with Crippen LogP contribution in [-0.4, -0.2) is 10.0 Å². The first-order valence-electron chi connectivity index (χ1n) is 6.35. The summed E-state index contributed by atoms with van der Waals surface area (Å²) in [5, 5.41) is 23.9. The lowest BCUT2D eigenvalue weighted by molar-refractivity contribution is -0.384. The molecule has 0 aliphatic rings. The van der Waals surface area contributed by atoms with Crippen LogP contribution in [0.5, 0.6) is 5.75 Å². The summed E-state index contributed by atoms with van der Waals surface area (Å²) in [6.45, 7) is 4.10. The summed E-state index contributed by atoms with van der Waals surface area (Å²) in [6.07, 6.45) is 0. The molecule has 0 aromatic heterocycles. The summed E-state index contributed by atoms with van der Waals surface area (Å²) in [6, 6.07) is 8.61. The van der Waals surface area contributed by atoms with E-state index >= 15 is 0 Å². The number of aromatic hydroxyl groups is 1. The molecule has 0 unspecified atom stereocenters. The van der Waals surface area contributed by atoms with Gasteiger partial charge < -0.3 is 10.4 Å². The van der Waals surface area contributed by atoms with Gasteiger partial charge in [-0.2, -0.15) is 0 Å². The average Bonchev–Trinajstić information content (AvgIpc) is 2.43. The molecule has 0 aliphatic carbocycles. The maximum Gasteiger partial charge on any atom is 0.293 e. The number of nitro groups is 1. The van der Waals surface area contributed by atoms with Crippen LogP contribution in [0.1, 0.15) is 16.7 Å². The average molecular weight is 351 g/mol. The van der Waals surface area contributed by atoms with E-state index in [0.29, 0.717) is 16.7 Å². The van der Waals surface area contributed by atoms with Gasteiger partial charge in [0.2, 0.25) is 0 Å². The van der Waals surface area contributed by atoms with Gasteiger partial charge in [-0.25, -0.2) is 0 Å². The van der Waals surface area contributed by atoms with Gasteiger partial charge in [0.25, 0.3) is 5.69 Å². The van der Waals surface area contributed by atoms with Crippen LogP contribution < -0.4 is 5.32 Å². The van der Waals surface area contributed by atoms with Crippen molar-refractivity contribution in [1.82, 2.24) is 0 Å². The number of nitrogens with zero attached hydrogens (tertiary/aromatic N) is 1. The molecule has 0 spiro atoms. The van der Waals surface area contributed by atoms with E-state index in [1.807, 2.05) is 26.0 Å². The van der Waals surface area contributed by atoms with Crippen LogP contribution in [-0.2, 0) is 6.54 Å². The van der Waals surface area contributed by atoms with E-state index in [2.05, 4.69) is 21.2 Å². The predicted octanol–water partition coefficient (Wildman–Crippen LogP) is 4.29. The second-order valence-corrected chi connectivity index (χ2v) is 5.77. The Kier molecular flexibility index (Phi) is 4.47.